The van der Waals surface area contributed by atoms with Gasteiger partial charge in [0.25, 0.3) is 0 Å². The van der Waals surface area contributed by atoms with Gasteiger partial charge < -0.3 is 15.5 Å². The summed E-state index contributed by atoms with van der Waals surface area (Å²) in [5.74, 6) is 0.266. The molecular formula is C15H20FN3OS. The fourth-order valence-corrected chi connectivity index (χ4v) is 2.81. The van der Waals surface area contributed by atoms with Crippen molar-refractivity contribution in [3.8, 4) is 0 Å². The first kappa shape index (κ1) is 15.7. The Bertz CT molecular complexity index is 512. The molecule has 1 fully saturated rings. The van der Waals surface area contributed by atoms with Crippen molar-refractivity contribution >= 4 is 28.9 Å². The molecular weight excluding hydrogens is 289 g/mol. The Morgan fingerprint density at radius 3 is 2.43 bits per heavy atom. The number of rotatable bonds is 3. The van der Waals surface area contributed by atoms with E-state index < -0.39 is 0 Å². The molecule has 0 bridgehead atoms. The normalized spacial score (nSPS) is 15.8. The number of nitrogens with two attached hydrogens (primary N) is 1. The van der Waals surface area contributed by atoms with E-state index in [2.05, 4.69) is 0 Å². The summed E-state index contributed by atoms with van der Waals surface area (Å²) in [7, 11) is 0. The van der Waals surface area contributed by atoms with E-state index in [1.807, 2.05) is 9.80 Å². The number of anilines is 1. The van der Waals surface area contributed by atoms with Crippen LogP contribution in [-0.2, 0) is 4.79 Å². The van der Waals surface area contributed by atoms with Crippen LogP contribution in [0.1, 0.15) is 19.8 Å². The van der Waals surface area contributed by atoms with Gasteiger partial charge in [-0.3, -0.25) is 4.79 Å². The molecule has 6 heteroatoms. The van der Waals surface area contributed by atoms with Crippen LogP contribution in [0, 0.1) is 11.7 Å². The Kier molecular flexibility index (Phi) is 5.12. The minimum absolute atomic E-state index is 0.123. The molecule has 114 valence electrons. The lowest BCUT2D eigenvalue weighted by atomic mass is 9.96. The van der Waals surface area contributed by atoms with Crippen LogP contribution < -0.4 is 10.6 Å². The third-order valence-electron chi connectivity index (χ3n) is 3.90. The highest BCUT2D eigenvalue weighted by molar-refractivity contribution is 7.80. The van der Waals surface area contributed by atoms with Crippen LogP contribution in [0.25, 0.3) is 0 Å². The van der Waals surface area contributed by atoms with Gasteiger partial charge in [0.05, 0.1) is 0 Å². The summed E-state index contributed by atoms with van der Waals surface area (Å²) < 4.78 is 13.0. The van der Waals surface area contributed by atoms with Gasteiger partial charge in [-0.2, -0.15) is 0 Å². The fourth-order valence-electron chi connectivity index (χ4n) is 2.63. The lowest BCUT2D eigenvalue weighted by molar-refractivity contribution is -0.130. The minimum atomic E-state index is -0.281. The molecule has 0 radical (unpaired) electrons. The number of hydrogen-bond acceptors (Lipinski definition) is 2. The quantitative estimate of drug-likeness (QED) is 0.869. The second kappa shape index (κ2) is 6.85. The lowest BCUT2D eigenvalue weighted by Gasteiger charge is -2.34. The maximum Gasteiger partial charge on any atom is 0.219 e. The number of halogens is 1. The van der Waals surface area contributed by atoms with Crippen molar-refractivity contribution < 1.29 is 9.18 Å². The highest BCUT2D eigenvalue weighted by Crippen LogP contribution is 2.22. The number of likely N-dealkylation sites (tertiary alicyclic amines) is 1. The molecule has 0 aliphatic carbocycles. The van der Waals surface area contributed by atoms with Crippen molar-refractivity contribution in [3.05, 3.63) is 30.1 Å². The summed E-state index contributed by atoms with van der Waals surface area (Å²) in [6.07, 6.45) is 1.86. The number of hydrogen-bond donors (Lipinski definition) is 1. The van der Waals surface area contributed by atoms with Crippen LogP contribution in [0.15, 0.2) is 24.3 Å². The summed E-state index contributed by atoms with van der Waals surface area (Å²) in [5.41, 5.74) is 6.60. The van der Waals surface area contributed by atoms with Crippen LogP contribution in [-0.4, -0.2) is 35.6 Å². The number of benzene rings is 1. The zero-order valence-corrected chi connectivity index (χ0v) is 12.9. The van der Waals surface area contributed by atoms with E-state index in [1.165, 1.54) is 12.1 Å². The zero-order valence-electron chi connectivity index (χ0n) is 12.1. The molecule has 0 aromatic heterocycles. The monoisotopic (exact) mass is 309 g/mol. The molecule has 21 heavy (non-hydrogen) atoms. The molecule has 2 N–H and O–H groups in total. The summed E-state index contributed by atoms with van der Waals surface area (Å²) >= 11 is 5.11. The van der Waals surface area contributed by atoms with Gasteiger partial charge in [-0.05, 0) is 55.2 Å². The highest BCUT2D eigenvalue weighted by atomic mass is 32.1. The number of nitrogens with zero attached hydrogens (tertiary/aromatic N) is 2. The summed E-state index contributed by atoms with van der Waals surface area (Å²) in [6, 6.07) is 6.16. The first-order chi connectivity index (χ1) is 9.97. The van der Waals surface area contributed by atoms with E-state index in [1.54, 1.807) is 19.1 Å². The van der Waals surface area contributed by atoms with Crippen molar-refractivity contribution in [1.29, 1.82) is 0 Å². The Labute approximate surface area is 129 Å². The van der Waals surface area contributed by atoms with Gasteiger partial charge in [0, 0.05) is 32.2 Å². The standard InChI is InChI=1S/C15H20FN3OS/c1-11(20)18-8-6-12(7-9-18)10-19(15(17)21)14-4-2-13(16)3-5-14/h2-5,12H,6-10H2,1H3,(H2,17,21). The third kappa shape index (κ3) is 4.14. The van der Waals surface area contributed by atoms with Crippen LogP contribution >= 0.6 is 12.2 Å². The van der Waals surface area contributed by atoms with Crippen LogP contribution in [0.2, 0.25) is 0 Å². The number of piperidine rings is 1. The van der Waals surface area contributed by atoms with E-state index in [0.717, 1.165) is 31.6 Å². The number of thiocarbonyl (C=S) groups is 1. The largest absolute Gasteiger partial charge is 0.376 e. The van der Waals surface area contributed by atoms with Gasteiger partial charge in [-0.25, -0.2) is 4.39 Å². The average molecular weight is 309 g/mol. The Balaban J connectivity index is 2.00. The maximum atomic E-state index is 13.0. The van der Waals surface area contributed by atoms with E-state index in [9.17, 15) is 9.18 Å². The summed E-state index contributed by atoms with van der Waals surface area (Å²) in [4.78, 5) is 15.0. The topological polar surface area (TPSA) is 49.6 Å². The molecule has 1 aliphatic heterocycles. The Morgan fingerprint density at radius 1 is 1.38 bits per heavy atom. The molecule has 1 amide bonds. The van der Waals surface area contributed by atoms with Crippen LogP contribution in [0.4, 0.5) is 10.1 Å². The molecule has 1 heterocycles. The molecule has 0 atom stereocenters. The maximum absolute atomic E-state index is 13.0. The molecule has 0 spiro atoms. The molecule has 0 unspecified atom stereocenters. The van der Waals surface area contributed by atoms with E-state index in [0.29, 0.717) is 12.5 Å². The van der Waals surface area contributed by atoms with Gasteiger partial charge in [-0.15, -0.1) is 0 Å². The first-order valence-corrected chi connectivity index (χ1v) is 7.46. The fraction of sp³-hybridized carbons (Fsp3) is 0.467. The van der Waals surface area contributed by atoms with Crippen LogP contribution in [0.5, 0.6) is 0 Å². The second-order valence-electron chi connectivity index (χ2n) is 5.37. The highest BCUT2D eigenvalue weighted by Gasteiger charge is 2.23. The van der Waals surface area contributed by atoms with Gasteiger partial charge in [-0.1, -0.05) is 0 Å². The minimum Gasteiger partial charge on any atom is -0.376 e. The van der Waals surface area contributed by atoms with Crippen molar-refractivity contribution in [2.75, 3.05) is 24.5 Å². The van der Waals surface area contributed by atoms with Crippen molar-refractivity contribution in [2.45, 2.75) is 19.8 Å². The van der Waals surface area contributed by atoms with Gasteiger partial charge in [0.1, 0.15) is 5.82 Å². The molecule has 1 aliphatic rings. The van der Waals surface area contributed by atoms with Crippen LogP contribution in [0.3, 0.4) is 0 Å². The molecule has 1 saturated heterocycles. The summed E-state index contributed by atoms with van der Waals surface area (Å²) in [6.45, 7) is 3.84. The Morgan fingerprint density at radius 2 is 1.95 bits per heavy atom. The molecule has 0 saturated carbocycles. The van der Waals surface area contributed by atoms with Gasteiger partial charge >= 0.3 is 0 Å². The molecule has 1 aromatic carbocycles. The predicted octanol–water partition coefficient (Wildman–Crippen LogP) is 2.13. The van der Waals surface area contributed by atoms with Crippen molar-refractivity contribution in [2.24, 2.45) is 11.7 Å². The first-order valence-electron chi connectivity index (χ1n) is 7.05. The molecule has 4 nitrogen and oxygen atoms in total. The van der Waals surface area contributed by atoms with Gasteiger partial charge in [0.2, 0.25) is 5.91 Å². The third-order valence-corrected chi connectivity index (χ3v) is 4.13. The second-order valence-corrected chi connectivity index (χ2v) is 5.79. The van der Waals surface area contributed by atoms with E-state index >= 15 is 0 Å². The summed E-state index contributed by atoms with van der Waals surface area (Å²) in [5, 5.41) is 0.288. The molecule has 1 aromatic rings. The SMILES string of the molecule is CC(=O)N1CCC(CN(C(N)=S)c2ccc(F)cc2)CC1. The van der Waals surface area contributed by atoms with Crippen molar-refractivity contribution in [3.63, 3.8) is 0 Å². The number of carbonyl (C=O) groups excluding carboxylic acids is 1. The van der Waals surface area contributed by atoms with E-state index in [-0.39, 0.29) is 16.8 Å². The Hall–Kier alpha value is -1.69. The van der Waals surface area contributed by atoms with E-state index in [4.69, 9.17) is 18.0 Å². The van der Waals surface area contributed by atoms with Crippen molar-refractivity contribution in [1.82, 2.24) is 4.90 Å². The smallest absolute Gasteiger partial charge is 0.219 e. The predicted molar refractivity (Wildman–Crippen MR) is 85.5 cm³/mol. The van der Waals surface area contributed by atoms with Gasteiger partial charge in [0.15, 0.2) is 5.11 Å². The average Bonchev–Trinajstić information content (AvgIpc) is 2.46. The number of amides is 1. The molecule has 2 rings (SSSR count). The zero-order chi connectivity index (χ0) is 15.4. The number of carbonyl (C=O) groups is 1. The lowest BCUT2D eigenvalue weighted by Crippen LogP contribution is -2.44.